The number of aliphatic carboxylic acids is 1. The maximum absolute atomic E-state index is 11.4. The van der Waals surface area contributed by atoms with Gasteiger partial charge in [0.05, 0.1) is 5.41 Å². The van der Waals surface area contributed by atoms with Crippen LogP contribution >= 0.6 is 0 Å². The summed E-state index contributed by atoms with van der Waals surface area (Å²) in [6, 6.07) is 0. The second-order valence-corrected chi connectivity index (χ2v) is 5.58. The monoisotopic (exact) mass is 210 g/mol. The molecule has 0 heterocycles. The van der Waals surface area contributed by atoms with Crippen LogP contribution in [0, 0.1) is 17.3 Å². The van der Waals surface area contributed by atoms with E-state index in [0.29, 0.717) is 0 Å². The molecule has 0 aromatic carbocycles. The van der Waals surface area contributed by atoms with E-state index in [0.717, 1.165) is 43.9 Å². The van der Waals surface area contributed by atoms with Crippen LogP contribution in [0.3, 0.4) is 0 Å². The lowest BCUT2D eigenvalue weighted by Gasteiger charge is -2.36. The van der Waals surface area contributed by atoms with Gasteiger partial charge in [-0.1, -0.05) is 26.2 Å². The fraction of sp³-hybridized carbons (Fsp3) is 0.923. The van der Waals surface area contributed by atoms with Gasteiger partial charge in [0, 0.05) is 0 Å². The second-order valence-electron chi connectivity index (χ2n) is 5.58. The van der Waals surface area contributed by atoms with Gasteiger partial charge in [-0.15, -0.1) is 0 Å². The van der Waals surface area contributed by atoms with E-state index < -0.39 is 5.97 Å². The Labute approximate surface area is 92.1 Å². The Bertz CT molecular complexity index is 235. The van der Waals surface area contributed by atoms with E-state index in [2.05, 4.69) is 6.92 Å². The van der Waals surface area contributed by atoms with E-state index >= 15 is 0 Å². The molecule has 1 N–H and O–H groups in total. The molecule has 0 bridgehead atoms. The molecule has 0 spiro atoms. The molecule has 2 saturated carbocycles. The molecule has 0 unspecified atom stereocenters. The Balaban J connectivity index is 1.97. The average Bonchev–Trinajstić information content (AvgIpc) is 3.02. The third-order valence-corrected chi connectivity index (χ3v) is 4.47. The third kappa shape index (κ3) is 2.35. The summed E-state index contributed by atoms with van der Waals surface area (Å²) in [6.07, 6.45) is 8.84. The lowest BCUT2D eigenvalue weighted by Crippen LogP contribution is -2.35. The smallest absolute Gasteiger partial charge is 0.309 e. The molecule has 0 saturated heterocycles. The largest absolute Gasteiger partial charge is 0.481 e. The van der Waals surface area contributed by atoms with Gasteiger partial charge in [0.15, 0.2) is 0 Å². The van der Waals surface area contributed by atoms with Gasteiger partial charge in [-0.25, -0.2) is 0 Å². The normalized spacial score (nSPS) is 36.5. The Morgan fingerprint density at radius 1 is 1.20 bits per heavy atom. The van der Waals surface area contributed by atoms with Crippen LogP contribution in [-0.2, 0) is 4.79 Å². The predicted molar refractivity (Wildman–Crippen MR) is 59.7 cm³/mol. The van der Waals surface area contributed by atoms with Gasteiger partial charge in [0.1, 0.15) is 0 Å². The van der Waals surface area contributed by atoms with Crippen molar-refractivity contribution < 1.29 is 9.90 Å². The van der Waals surface area contributed by atoms with Crippen LogP contribution in [0.15, 0.2) is 0 Å². The van der Waals surface area contributed by atoms with Crippen LogP contribution in [0.4, 0.5) is 0 Å². The fourth-order valence-electron chi connectivity index (χ4n) is 3.02. The summed E-state index contributed by atoms with van der Waals surface area (Å²) in [5.41, 5.74) is -0.340. The molecule has 2 aliphatic carbocycles. The molecule has 2 aliphatic rings. The minimum atomic E-state index is -0.524. The maximum atomic E-state index is 11.4. The molecule has 2 nitrogen and oxygen atoms in total. The standard InChI is InChI=1S/C13H22O2/c1-2-10-5-7-13(8-6-10,12(14)15)9-11-3-4-11/h10-11H,2-9H2,1H3,(H,14,15). The van der Waals surface area contributed by atoms with Crippen molar-refractivity contribution in [3.05, 3.63) is 0 Å². The van der Waals surface area contributed by atoms with Crippen molar-refractivity contribution in [1.82, 2.24) is 0 Å². The SMILES string of the molecule is CCC1CCC(CC2CC2)(C(=O)O)CC1. The number of hydrogen-bond donors (Lipinski definition) is 1. The zero-order valence-corrected chi connectivity index (χ0v) is 9.67. The van der Waals surface area contributed by atoms with Crippen LogP contribution in [0.25, 0.3) is 0 Å². The van der Waals surface area contributed by atoms with Gasteiger partial charge in [0.25, 0.3) is 0 Å². The van der Waals surface area contributed by atoms with Crippen molar-refractivity contribution in [1.29, 1.82) is 0 Å². The van der Waals surface area contributed by atoms with E-state index in [9.17, 15) is 9.90 Å². The molecule has 2 rings (SSSR count). The number of carboxylic acid groups (broad SMARTS) is 1. The Morgan fingerprint density at radius 3 is 2.20 bits per heavy atom. The van der Waals surface area contributed by atoms with Crippen molar-refractivity contribution in [3.63, 3.8) is 0 Å². The minimum absolute atomic E-state index is 0.340. The predicted octanol–water partition coefficient (Wildman–Crippen LogP) is 3.46. The van der Waals surface area contributed by atoms with Gasteiger partial charge in [0.2, 0.25) is 0 Å². The Kier molecular flexibility index (Phi) is 3.03. The first-order valence-corrected chi connectivity index (χ1v) is 6.39. The lowest BCUT2D eigenvalue weighted by molar-refractivity contribution is -0.152. The lowest BCUT2D eigenvalue weighted by atomic mass is 9.67. The quantitative estimate of drug-likeness (QED) is 0.771. The molecule has 2 heteroatoms. The number of carbonyl (C=O) groups is 1. The van der Waals surface area contributed by atoms with Crippen LogP contribution < -0.4 is 0 Å². The highest BCUT2D eigenvalue weighted by Gasteiger charge is 2.44. The van der Waals surface area contributed by atoms with E-state index in [4.69, 9.17) is 0 Å². The van der Waals surface area contributed by atoms with Gasteiger partial charge < -0.3 is 5.11 Å². The first-order chi connectivity index (χ1) is 7.16. The van der Waals surface area contributed by atoms with Crippen LogP contribution in [0.2, 0.25) is 0 Å². The van der Waals surface area contributed by atoms with E-state index in [1.807, 2.05) is 0 Å². The van der Waals surface area contributed by atoms with Gasteiger partial charge in [-0.2, -0.15) is 0 Å². The Morgan fingerprint density at radius 2 is 1.80 bits per heavy atom. The topological polar surface area (TPSA) is 37.3 Å². The minimum Gasteiger partial charge on any atom is -0.481 e. The molecule has 0 aromatic rings. The summed E-state index contributed by atoms with van der Waals surface area (Å²) in [5.74, 6) is 1.000. The van der Waals surface area contributed by atoms with Gasteiger partial charge >= 0.3 is 5.97 Å². The fourth-order valence-corrected chi connectivity index (χ4v) is 3.02. The number of rotatable bonds is 4. The van der Waals surface area contributed by atoms with Gasteiger partial charge in [-0.3, -0.25) is 4.79 Å². The molecule has 15 heavy (non-hydrogen) atoms. The molecular formula is C13H22O2. The third-order valence-electron chi connectivity index (χ3n) is 4.47. The van der Waals surface area contributed by atoms with Crippen molar-refractivity contribution in [2.24, 2.45) is 17.3 Å². The molecule has 0 aliphatic heterocycles. The zero-order chi connectivity index (χ0) is 10.9. The van der Waals surface area contributed by atoms with Gasteiger partial charge in [-0.05, 0) is 43.9 Å². The zero-order valence-electron chi connectivity index (χ0n) is 9.67. The van der Waals surface area contributed by atoms with Crippen molar-refractivity contribution >= 4 is 5.97 Å². The summed E-state index contributed by atoms with van der Waals surface area (Å²) < 4.78 is 0. The average molecular weight is 210 g/mol. The van der Waals surface area contributed by atoms with Crippen LogP contribution in [0.5, 0.6) is 0 Å². The molecule has 0 aromatic heterocycles. The highest BCUT2D eigenvalue weighted by molar-refractivity contribution is 5.74. The first-order valence-electron chi connectivity index (χ1n) is 6.39. The number of carboxylic acids is 1. The first kappa shape index (κ1) is 11.0. The highest BCUT2D eigenvalue weighted by Crippen LogP contribution is 2.49. The van der Waals surface area contributed by atoms with Crippen molar-refractivity contribution in [3.8, 4) is 0 Å². The molecule has 86 valence electrons. The van der Waals surface area contributed by atoms with Crippen molar-refractivity contribution in [2.45, 2.75) is 58.3 Å². The van der Waals surface area contributed by atoms with Crippen LogP contribution in [-0.4, -0.2) is 11.1 Å². The summed E-state index contributed by atoms with van der Waals surface area (Å²) in [6.45, 7) is 2.22. The Hall–Kier alpha value is -0.530. The summed E-state index contributed by atoms with van der Waals surface area (Å²) in [7, 11) is 0. The summed E-state index contributed by atoms with van der Waals surface area (Å²) >= 11 is 0. The van der Waals surface area contributed by atoms with Crippen LogP contribution in [0.1, 0.15) is 58.3 Å². The molecule has 2 fully saturated rings. The summed E-state index contributed by atoms with van der Waals surface area (Å²) in [4.78, 5) is 11.4. The second kappa shape index (κ2) is 4.15. The van der Waals surface area contributed by atoms with Crippen molar-refractivity contribution in [2.75, 3.05) is 0 Å². The highest BCUT2D eigenvalue weighted by atomic mass is 16.4. The maximum Gasteiger partial charge on any atom is 0.309 e. The van der Waals surface area contributed by atoms with E-state index in [1.165, 1.54) is 19.3 Å². The van der Waals surface area contributed by atoms with E-state index in [-0.39, 0.29) is 5.41 Å². The molecule has 0 amide bonds. The molecular weight excluding hydrogens is 188 g/mol. The molecule has 0 radical (unpaired) electrons. The summed E-state index contributed by atoms with van der Waals surface area (Å²) in [5, 5.41) is 9.42. The molecule has 0 atom stereocenters. The number of hydrogen-bond acceptors (Lipinski definition) is 1. The van der Waals surface area contributed by atoms with E-state index in [1.54, 1.807) is 0 Å².